The number of aliphatic hydroxyl groups is 1. The lowest BCUT2D eigenvalue weighted by molar-refractivity contribution is 0.265. The Morgan fingerprint density at radius 3 is 2.59 bits per heavy atom. The van der Waals surface area contributed by atoms with Crippen molar-refractivity contribution in [2.45, 2.75) is 33.3 Å². The number of rotatable bonds is 4. The van der Waals surface area contributed by atoms with Crippen molar-refractivity contribution in [1.29, 1.82) is 0 Å². The molecule has 0 bridgehead atoms. The number of hydrogen-bond acceptors (Lipinski definition) is 5. The van der Waals surface area contributed by atoms with Gasteiger partial charge in [0.05, 0.1) is 22.3 Å². The first-order valence-corrected chi connectivity index (χ1v) is 9.54. The van der Waals surface area contributed by atoms with Crippen molar-refractivity contribution in [3.8, 4) is 22.6 Å². The van der Waals surface area contributed by atoms with Crippen LogP contribution >= 0.6 is 11.6 Å². The van der Waals surface area contributed by atoms with Gasteiger partial charge in [0.15, 0.2) is 16.8 Å². The Kier molecular flexibility index (Phi) is 4.84. The Morgan fingerprint density at radius 2 is 2.00 bits per heavy atom. The van der Waals surface area contributed by atoms with Crippen LogP contribution in [0.2, 0.25) is 5.15 Å². The van der Waals surface area contributed by atoms with Gasteiger partial charge in [-0.2, -0.15) is 10.2 Å². The Balaban J connectivity index is 1.97. The van der Waals surface area contributed by atoms with Crippen molar-refractivity contribution < 1.29 is 9.50 Å². The van der Waals surface area contributed by atoms with E-state index >= 15 is 0 Å². The van der Waals surface area contributed by atoms with Gasteiger partial charge in [-0.25, -0.2) is 14.4 Å². The standard InChI is InChI=1S/C20H20ClFN6O/c1-9(2)11-6-16(18-10(3)25-26-19(18)21)23-15-7-14(22)13(5-12(11)15)20-24-17(8-29)28(4)27-20/h5-7,9,29H,8H2,1-4H3,(H,25,26). The van der Waals surface area contributed by atoms with Crippen LogP contribution in [0.4, 0.5) is 4.39 Å². The van der Waals surface area contributed by atoms with Crippen LogP contribution in [0.25, 0.3) is 33.5 Å². The quantitative estimate of drug-likeness (QED) is 0.523. The van der Waals surface area contributed by atoms with Gasteiger partial charge in [0.2, 0.25) is 0 Å². The third-order valence-electron chi connectivity index (χ3n) is 4.95. The lowest BCUT2D eigenvalue weighted by atomic mass is 9.95. The first-order valence-electron chi connectivity index (χ1n) is 9.16. The molecule has 4 aromatic rings. The van der Waals surface area contributed by atoms with E-state index in [1.807, 2.05) is 13.0 Å². The molecule has 1 aromatic carbocycles. The molecule has 0 amide bonds. The van der Waals surface area contributed by atoms with Gasteiger partial charge in [-0.3, -0.25) is 9.78 Å². The van der Waals surface area contributed by atoms with Gasteiger partial charge >= 0.3 is 0 Å². The topological polar surface area (TPSA) is 92.5 Å². The fourth-order valence-corrected chi connectivity index (χ4v) is 3.70. The van der Waals surface area contributed by atoms with E-state index in [-0.39, 0.29) is 23.9 Å². The summed E-state index contributed by atoms with van der Waals surface area (Å²) in [6.07, 6.45) is 0. The minimum absolute atomic E-state index is 0.160. The van der Waals surface area contributed by atoms with E-state index in [1.54, 1.807) is 13.1 Å². The normalized spacial score (nSPS) is 11.7. The number of aryl methyl sites for hydroxylation is 2. The van der Waals surface area contributed by atoms with Crippen LogP contribution in [-0.2, 0) is 13.7 Å². The van der Waals surface area contributed by atoms with Gasteiger partial charge in [-0.15, -0.1) is 0 Å². The fourth-order valence-electron chi connectivity index (χ4n) is 3.42. The number of aliphatic hydroxyl groups excluding tert-OH is 1. The average molecular weight is 415 g/mol. The highest BCUT2D eigenvalue weighted by Gasteiger charge is 2.20. The van der Waals surface area contributed by atoms with Crippen molar-refractivity contribution in [3.63, 3.8) is 0 Å². The summed E-state index contributed by atoms with van der Waals surface area (Å²) in [6.45, 7) is 5.72. The van der Waals surface area contributed by atoms with Crippen molar-refractivity contribution in [1.82, 2.24) is 29.9 Å². The number of hydrogen-bond donors (Lipinski definition) is 2. The minimum Gasteiger partial charge on any atom is -0.388 e. The number of nitrogens with one attached hydrogen (secondary N) is 1. The van der Waals surface area contributed by atoms with E-state index in [0.717, 1.165) is 16.6 Å². The third kappa shape index (κ3) is 3.28. The number of pyridine rings is 1. The molecule has 9 heteroatoms. The lowest BCUT2D eigenvalue weighted by Crippen LogP contribution is -1.98. The molecule has 0 saturated carbocycles. The predicted molar refractivity (Wildman–Crippen MR) is 109 cm³/mol. The maximum Gasteiger partial charge on any atom is 0.184 e. The molecule has 0 fully saturated rings. The van der Waals surface area contributed by atoms with Gasteiger partial charge in [-0.1, -0.05) is 25.4 Å². The van der Waals surface area contributed by atoms with E-state index in [0.29, 0.717) is 27.8 Å². The van der Waals surface area contributed by atoms with Gasteiger partial charge in [0, 0.05) is 24.2 Å². The van der Waals surface area contributed by atoms with Crippen LogP contribution in [0.1, 0.15) is 36.8 Å². The zero-order chi connectivity index (χ0) is 20.9. The monoisotopic (exact) mass is 414 g/mol. The van der Waals surface area contributed by atoms with E-state index in [1.165, 1.54) is 10.7 Å². The number of aromatic amines is 1. The third-order valence-corrected chi connectivity index (χ3v) is 5.22. The average Bonchev–Trinajstić information content (AvgIpc) is 3.21. The van der Waals surface area contributed by atoms with E-state index < -0.39 is 5.82 Å². The Hall–Kier alpha value is -2.84. The molecule has 0 spiro atoms. The highest BCUT2D eigenvalue weighted by atomic mass is 35.5. The van der Waals surface area contributed by atoms with Crippen molar-refractivity contribution in [2.75, 3.05) is 0 Å². The maximum atomic E-state index is 15.0. The Morgan fingerprint density at radius 1 is 1.24 bits per heavy atom. The molecule has 0 radical (unpaired) electrons. The number of halogens is 2. The van der Waals surface area contributed by atoms with Gasteiger partial charge < -0.3 is 5.11 Å². The van der Waals surface area contributed by atoms with Gasteiger partial charge in [0.1, 0.15) is 12.4 Å². The molecule has 3 aromatic heterocycles. The highest BCUT2D eigenvalue weighted by molar-refractivity contribution is 6.32. The zero-order valence-electron chi connectivity index (χ0n) is 16.5. The van der Waals surface area contributed by atoms with Crippen LogP contribution < -0.4 is 0 Å². The summed E-state index contributed by atoms with van der Waals surface area (Å²) >= 11 is 6.23. The Bertz CT molecular complexity index is 1210. The molecule has 0 aliphatic heterocycles. The molecular formula is C20H20ClFN6O. The summed E-state index contributed by atoms with van der Waals surface area (Å²) in [7, 11) is 1.66. The number of H-pyrrole nitrogens is 1. The van der Waals surface area contributed by atoms with E-state index in [2.05, 4.69) is 39.1 Å². The second-order valence-corrected chi connectivity index (χ2v) is 7.61. The van der Waals surface area contributed by atoms with Gasteiger partial charge in [0.25, 0.3) is 0 Å². The number of aromatic nitrogens is 6. The lowest BCUT2D eigenvalue weighted by Gasteiger charge is -2.14. The zero-order valence-corrected chi connectivity index (χ0v) is 17.2. The first kappa shape index (κ1) is 19.5. The molecule has 3 heterocycles. The molecule has 0 aliphatic carbocycles. The van der Waals surface area contributed by atoms with Crippen LogP contribution in [0.15, 0.2) is 18.2 Å². The minimum atomic E-state index is -0.484. The number of benzene rings is 1. The molecule has 7 nitrogen and oxygen atoms in total. The van der Waals surface area contributed by atoms with Gasteiger partial charge in [-0.05, 0) is 30.5 Å². The molecule has 0 aliphatic rings. The molecule has 0 saturated heterocycles. The summed E-state index contributed by atoms with van der Waals surface area (Å²) in [5, 5.41) is 21.6. The summed E-state index contributed by atoms with van der Waals surface area (Å²) in [5.74, 6) is 0.265. The molecule has 2 N–H and O–H groups in total. The van der Waals surface area contributed by atoms with Crippen LogP contribution in [-0.4, -0.2) is 35.1 Å². The first-order chi connectivity index (χ1) is 13.8. The van der Waals surface area contributed by atoms with E-state index in [4.69, 9.17) is 11.6 Å². The van der Waals surface area contributed by atoms with Crippen LogP contribution in [0, 0.1) is 12.7 Å². The molecular weight excluding hydrogens is 395 g/mol. The molecule has 4 rings (SSSR count). The molecule has 0 unspecified atom stereocenters. The van der Waals surface area contributed by atoms with Crippen molar-refractivity contribution in [3.05, 3.63) is 46.3 Å². The second-order valence-electron chi connectivity index (χ2n) is 7.25. The fraction of sp³-hybridized carbons (Fsp3) is 0.300. The van der Waals surface area contributed by atoms with Crippen LogP contribution in [0.5, 0.6) is 0 Å². The van der Waals surface area contributed by atoms with Crippen LogP contribution in [0.3, 0.4) is 0 Å². The van der Waals surface area contributed by atoms with Crippen molar-refractivity contribution >= 4 is 22.5 Å². The largest absolute Gasteiger partial charge is 0.388 e. The molecule has 29 heavy (non-hydrogen) atoms. The smallest absolute Gasteiger partial charge is 0.184 e. The highest BCUT2D eigenvalue weighted by Crippen LogP contribution is 2.35. The summed E-state index contributed by atoms with van der Waals surface area (Å²) < 4.78 is 16.4. The molecule has 0 atom stereocenters. The second kappa shape index (κ2) is 7.20. The number of nitrogens with zero attached hydrogens (tertiary/aromatic N) is 5. The molecule has 150 valence electrons. The summed E-state index contributed by atoms with van der Waals surface area (Å²) in [5.41, 5.74) is 3.93. The van der Waals surface area contributed by atoms with Crippen molar-refractivity contribution in [2.24, 2.45) is 7.05 Å². The summed E-state index contributed by atoms with van der Waals surface area (Å²) in [4.78, 5) is 8.88. The number of fused-ring (bicyclic) bond motifs is 1. The summed E-state index contributed by atoms with van der Waals surface area (Å²) in [6, 6.07) is 5.07. The predicted octanol–water partition coefficient (Wildman–Crippen LogP) is 4.14. The maximum absolute atomic E-state index is 15.0. The SMILES string of the molecule is Cc1[nH]nc(Cl)c1-c1cc(C(C)C)c2cc(-c3nc(CO)n(C)n3)c(F)cc2n1. The van der Waals surface area contributed by atoms with E-state index in [9.17, 15) is 9.50 Å². The Labute approximate surface area is 171 Å².